The fraction of sp³-hybridized carbons (Fsp3) is 0.476. The lowest BCUT2D eigenvalue weighted by Crippen LogP contribution is -2.29. The lowest BCUT2D eigenvalue weighted by molar-refractivity contribution is 0.202. The van der Waals surface area contributed by atoms with Crippen LogP contribution in [0.2, 0.25) is 0 Å². The van der Waals surface area contributed by atoms with Crippen LogP contribution in [-0.4, -0.2) is 37.5 Å². The number of nitrogens with one attached hydrogen (secondary N) is 2. The van der Waals surface area contributed by atoms with Crippen LogP contribution in [0.1, 0.15) is 57.8 Å². The van der Waals surface area contributed by atoms with E-state index in [-0.39, 0.29) is 12.0 Å². The van der Waals surface area contributed by atoms with Crippen molar-refractivity contribution in [3.8, 4) is 0 Å². The third kappa shape index (κ3) is 4.25. The number of hydrogen-bond acceptors (Lipinski definition) is 5. The fourth-order valence-corrected chi connectivity index (χ4v) is 3.19. The third-order valence-corrected chi connectivity index (χ3v) is 4.55. The number of anilines is 1. The zero-order valence-electron chi connectivity index (χ0n) is 17.3. The van der Waals surface area contributed by atoms with Gasteiger partial charge in [-0.05, 0) is 32.3 Å². The molecular weight excluding hydrogens is 352 g/mol. The molecule has 28 heavy (non-hydrogen) atoms. The van der Waals surface area contributed by atoms with Crippen molar-refractivity contribution >= 4 is 16.9 Å². The summed E-state index contributed by atoms with van der Waals surface area (Å²) in [6, 6.07) is 10.3. The largest absolute Gasteiger partial charge is 0.391 e. The lowest BCUT2D eigenvalue weighted by Gasteiger charge is -2.17. The zero-order chi connectivity index (χ0) is 20.3. The van der Waals surface area contributed by atoms with Gasteiger partial charge in [-0.3, -0.25) is 5.10 Å². The summed E-state index contributed by atoms with van der Waals surface area (Å²) in [6.07, 6.45) is -0.521. The van der Waals surface area contributed by atoms with Crippen molar-refractivity contribution in [1.29, 1.82) is 0 Å². The van der Waals surface area contributed by atoms with E-state index in [1.807, 2.05) is 18.2 Å². The first kappa shape index (κ1) is 20.1. The number of nitrogens with zero attached hydrogens (tertiary/aromatic N) is 4. The standard InChI is InChI=1S/C21H30N6O/c1-13(2)17-19-18(26-25-17)20(22-12-16-9-7-6-8-10-16)24-21(23-11-15(5)28)27(19)14(3)4/h6-10,13-15,28H,11-12H2,1-5H3,(H,25,26)(H,22,23,24). The molecule has 0 radical (unpaired) electrons. The number of aliphatic hydroxyl groups is 1. The molecule has 0 saturated heterocycles. The average molecular weight is 383 g/mol. The maximum Gasteiger partial charge on any atom is 0.227 e. The van der Waals surface area contributed by atoms with E-state index in [1.165, 1.54) is 5.56 Å². The Labute approximate surface area is 165 Å². The molecule has 0 saturated carbocycles. The molecule has 0 spiro atoms. The van der Waals surface area contributed by atoms with Crippen LogP contribution in [0.4, 0.5) is 5.82 Å². The van der Waals surface area contributed by atoms with Crippen molar-refractivity contribution in [2.45, 2.75) is 59.2 Å². The molecule has 2 heterocycles. The van der Waals surface area contributed by atoms with Crippen LogP contribution < -0.4 is 10.9 Å². The third-order valence-electron chi connectivity index (χ3n) is 4.55. The molecular formula is C21H30N6O. The monoisotopic (exact) mass is 382 g/mol. The van der Waals surface area contributed by atoms with E-state index in [9.17, 15) is 5.11 Å². The summed E-state index contributed by atoms with van der Waals surface area (Å²) >= 11 is 0. The fourth-order valence-electron chi connectivity index (χ4n) is 3.19. The number of fused-ring (bicyclic) bond motifs is 1. The SMILES string of the molecule is CC(O)CN=c1nc(NCc2ccccc2)c2n[nH]c(C(C)C)c2n1C(C)C. The molecule has 7 heteroatoms. The molecule has 0 fully saturated rings. The molecule has 2 aromatic heterocycles. The van der Waals surface area contributed by atoms with Gasteiger partial charge in [0.2, 0.25) is 5.62 Å². The first-order valence-electron chi connectivity index (χ1n) is 9.85. The second kappa shape index (κ2) is 8.56. The predicted molar refractivity (Wildman–Crippen MR) is 112 cm³/mol. The zero-order valence-corrected chi connectivity index (χ0v) is 17.3. The topological polar surface area (TPSA) is 91.1 Å². The Bertz CT molecular complexity index is 985. The minimum atomic E-state index is -0.521. The highest BCUT2D eigenvalue weighted by Gasteiger charge is 2.20. The van der Waals surface area contributed by atoms with Gasteiger partial charge in [0.1, 0.15) is 0 Å². The Hall–Kier alpha value is -2.67. The second-order valence-electron chi connectivity index (χ2n) is 7.74. The van der Waals surface area contributed by atoms with E-state index in [0.29, 0.717) is 24.5 Å². The van der Waals surface area contributed by atoms with E-state index >= 15 is 0 Å². The Morgan fingerprint density at radius 3 is 2.46 bits per heavy atom. The van der Waals surface area contributed by atoms with Gasteiger partial charge in [-0.1, -0.05) is 44.2 Å². The number of benzene rings is 1. The van der Waals surface area contributed by atoms with Crippen molar-refractivity contribution in [2.75, 3.05) is 11.9 Å². The van der Waals surface area contributed by atoms with Gasteiger partial charge in [0.15, 0.2) is 11.3 Å². The molecule has 1 atom stereocenters. The molecule has 3 N–H and O–H groups in total. The van der Waals surface area contributed by atoms with Gasteiger partial charge in [-0.25, -0.2) is 4.99 Å². The predicted octanol–water partition coefficient (Wildman–Crippen LogP) is 3.36. The second-order valence-corrected chi connectivity index (χ2v) is 7.74. The van der Waals surface area contributed by atoms with Crippen molar-refractivity contribution in [2.24, 2.45) is 4.99 Å². The Kier molecular flexibility index (Phi) is 6.14. The molecule has 7 nitrogen and oxygen atoms in total. The van der Waals surface area contributed by atoms with Gasteiger partial charge in [-0.2, -0.15) is 10.1 Å². The van der Waals surface area contributed by atoms with E-state index in [2.05, 4.69) is 64.9 Å². The first-order valence-corrected chi connectivity index (χ1v) is 9.85. The van der Waals surface area contributed by atoms with Crippen molar-refractivity contribution in [3.63, 3.8) is 0 Å². The van der Waals surface area contributed by atoms with Crippen LogP contribution in [0.25, 0.3) is 11.0 Å². The van der Waals surface area contributed by atoms with Crippen LogP contribution in [0.5, 0.6) is 0 Å². The minimum Gasteiger partial charge on any atom is -0.391 e. The van der Waals surface area contributed by atoms with Gasteiger partial charge in [0.05, 0.1) is 23.9 Å². The van der Waals surface area contributed by atoms with Crippen molar-refractivity contribution < 1.29 is 5.11 Å². The number of rotatable bonds is 7. The van der Waals surface area contributed by atoms with Gasteiger partial charge in [0, 0.05) is 12.6 Å². The van der Waals surface area contributed by atoms with Crippen molar-refractivity contribution in [1.82, 2.24) is 19.7 Å². The Morgan fingerprint density at radius 1 is 1.14 bits per heavy atom. The van der Waals surface area contributed by atoms with E-state index in [1.54, 1.807) is 6.92 Å². The number of H-pyrrole nitrogens is 1. The van der Waals surface area contributed by atoms with E-state index in [0.717, 1.165) is 16.7 Å². The molecule has 3 aromatic rings. The Balaban J connectivity index is 2.17. The first-order chi connectivity index (χ1) is 13.4. The summed E-state index contributed by atoms with van der Waals surface area (Å²) in [4.78, 5) is 9.37. The lowest BCUT2D eigenvalue weighted by atomic mass is 10.1. The van der Waals surface area contributed by atoms with Gasteiger partial charge in [-0.15, -0.1) is 0 Å². The number of hydrogen-bond donors (Lipinski definition) is 3. The summed E-state index contributed by atoms with van der Waals surface area (Å²) in [5.74, 6) is 0.979. The summed E-state index contributed by atoms with van der Waals surface area (Å²) in [5.41, 5.74) is 4.65. The number of aromatic amines is 1. The molecule has 0 aliphatic heterocycles. The molecule has 150 valence electrons. The highest BCUT2D eigenvalue weighted by molar-refractivity contribution is 5.87. The summed E-state index contributed by atoms with van der Waals surface area (Å²) in [5, 5.41) is 20.9. The van der Waals surface area contributed by atoms with Gasteiger partial charge >= 0.3 is 0 Å². The number of aliphatic hydroxyl groups excluding tert-OH is 1. The number of aromatic nitrogens is 4. The highest BCUT2D eigenvalue weighted by Crippen LogP contribution is 2.27. The normalized spacial score (nSPS) is 13.6. The van der Waals surface area contributed by atoms with Gasteiger partial charge < -0.3 is 15.0 Å². The van der Waals surface area contributed by atoms with Crippen LogP contribution in [-0.2, 0) is 6.54 Å². The molecule has 0 bridgehead atoms. The average Bonchev–Trinajstić information content (AvgIpc) is 3.09. The smallest absolute Gasteiger partial charge is 0.227 e. The Morgan fingerprint density at radius 2 is 1.86 bits per heavy atom. The quantitative estimate of drug-likeness (QED) is 0.584. The molecule has 0 amide bonds. The highest BCUT2D eigenvalue weighted by atomic mass is 16.3. The van der Waals surface area contributed by atoms with Crippen molar-refractivity contribution in [3.05, 3.63) is 47.2 Å². The molecule has 1 unspecified atom stereocenters. The maximum absolute atomic E-state index is 9.72. The summed E-state index contributed by atoms with van der Waals surface area (Å²) < 4.78 is 2.10. The van der Waals surface area contributed by atoms with Crippen LogP contribution in [0, 0.1) is 0 Å². The van der Waals surface area contributed by atoms with Gasteiger partial charge in [0.25, 0.3) is 0 Å². The van der Waals surface area contributed by atoms with E-state index < -0.39 is 6.10 Å². The van der Waals surface area contributed by atoms with Crippen LogP contribution in [0.15, 0.2) is 35.3 Å². The maximum atomic E-state index is 9.72. The molecule has 0 aliphatic carbocycles. The minimum absolute atomic E-state index is 0.154. The van der Waals surface area contributed by atoms with Crippen LogP contribution >= 0.6 is 0 Å². The molecule has 1 aromatic carbocycles. The molecule has 3 rings (SSSR count). The van der Waals surface area contributed by atoms with E-state index in [4.69, 9.17) is 4.98 Å². The van der Waals surface area contributed by atoms with Crippen LogP contribution in [0.3, 0.4) is 0 Å². The summed E-state index contributed by atoms with van der Waals surface area (Å²) in [6.45, 7) is 11.2. The summed E-state index contributed by atoms with van der Waals surface area (Å²) in [7, 11) is 0. The molecule has 0 aliphatic rings.